The van der Waals surface area contributed by atoms with Crippen LogP contribution in [0.15, 0.2) is 54.6 Å². The number of hydrogen-bond donors (Lipinski definition) is 0. The number of carbonyl (C=O) groups is 1. The van der Waals surface area contributed by atoms with Gasteiger partial charge < -0.3 is 0 Å². The van der Waals surface area contributed by atoms with E-state index < -0.39 is 5.97 Å². The van der Waals surface area contributed by atoms with Crippen molar-refractivity contribution in [2.45, 2.75) is 26.2 Å². The molecule has 0 atom stereocenters. The summed E-state index contributed by atoms with van der Waals surface area (Å²) in [6.07, 6.45) is 0. The third-order valence-corrected chi connectivity index (χ3v) is 3.33. The SMILES string of the molecule is CC(=O)OOc1ccc(C(C)(C)c2ccccc2)cc1. The quantitative estimate of drug-likeness (QED) is 0.625. The van der Waals surface area contributed by atoms with Gasteiger partial charge in [0.15, 0.2) is 5.75 Å². The van der Waals surface area contributed by atoms with E-state index in [1.807, 2.05) is 30.3 Å². The summed E-state index contributed by atoms with van der Waals surface area (Å²) in [6, 6.07) is 17.9. The van der Waals surface area contributed by atoms with Crippen LogP contribution in [0.3, 0.4) is 0 Å². The van der Waals surface area contributed by atoms with Crippen LogP contribution < -0.4 is 4.89 Å². The van der Waals surface area contributed by atoms with E-state index in [1.165, 1.54) is 18.1 Å². The van der Waals surface area contributed by atoms with Crippen molar-refractivity contribution >= 4 is 5.97 Å². The molecule has 0 aromatic heterocycles. The van der Waals surface area contributed by atoms with E-state index in [9.17, 15) is 4.79 Å². The molecule has 0 radical (unpaired) electrons. The average molecular weight is 270 g/mol. The molecular weight excluding hydrogens is 252 g/mol. The van der Waals surface area contributed by atoms with Gasteiger partial charge in [-0.3, -0.25) is 9.78 Å². The maximum Gasteiger partial charge on any atom is 0.352 e. The lowest BCUT2D eigenvalue weighted by molar-refractivity contribution is -0.210. The summed E-state index contributed by atoms with van der Waals surface area (Å²) in [7, 11) is 0. The van der Waals surface area contributed by atoms with Crippen LogP contribution in [0, 0.1) is 0 Å². The lowest BCUT2D eigenvalue weighted by Gasteiger charge is -2.26. The average Bonchev–Trinajstić information content (AvgIpc) is 2.46. The van der Waals surface area contributed by atoms with Crippen LogP contribution in [-0.4, -0.2) is 5.97 Å². The maximum absolute atomic E-state index is 10.7. The lowest BCUT2D eigenvalue weighted by Crippen LogP contribution is -2.18. The standard InChI is InChI=1S/C17H18O3/c1-13(18)19-20-16-11-9-15(10-12-16)17(2,3)14-7-5-4-6-8-14/h4-12H,1-3H3. The molecule has 0 heterocycles. The second kappa shape index (κ2) is 5.78. The van der Waals surface area contributed by atoms with Crippen LogP contribution in [0.2, 0.25) is 0 Å². The molecule has 3 heteroatoms. The van der Waals surface area contributed by atoms with Crippen molar-refractivity contribution in [3.8, 4) is 5.75 Å². The van der Waals surface area contributed by atoms with Crippen molar-refractivity contribution in [2.75, 3.05) is 0 Å². The summed E-state index contributed by atoms with van der Waals surface area (Å²) in [5, 5.41) is 0. The van der Waals surface area contributed by atoms with Gasteiger partial charge in [-0.05, 0) is 23.3 Å². The predicted octanol–water partition coefficient (Wildman–Crippen LogP) is 3.87. The first kappa shape index (κ1) is 14.1. The van der Waals surface area contributed by atoms with Gasteiger partial charge in [-0.2, -0.15) is 0 Å². The second-order valence-electron chi connectivity index (χ2n) is 5.17. The molecule has 2 aromatic rings. The molecule has 3 nitrogen and oxygen atoms in total. The van der Waals surface area contributed by atoms with E-state index in [1.54, 1.807) is 12.1 Å². The molecule has 20 heavy (non-hydrogen) atoms. The summed E-state index contributed by atoms with van der Waals surface area (Å²) >= 11 is 0. The number of benzene rings is 2. The van der Waals surface area contributed by atoms with Gasteiger partial charge in [0.1, 0.15) is 0 Å². The Morgan fingerprint density at radius 3 is 2.00 bits per heavy atom. The Labute approximate surface area is 119 Å². The number of carbonyl (C=O) groups excluding carboxylic acids is 1. The summed E-state index contributed by atoms with van der Waals surface area (Å²) in [5.41, 5.74) is 2.31. The zero-order chi connectivity index (χ0) is 14.6. The smallest absolute Gasteiger partial charge is 0.287 e. The van der Waals surface area contributed by atoms with E-state index in [2.05, 4.69) is 30.9 Å². The Morgan fingerprint density at radius 2 is 1.45 bits per heavy atom. The first-order valence-electron chi connectivity index (χ1n) is 6.51. The minimum Gasteiger partial charge on any atom is -0.287 e. The van der Waals surface area contributed by atoms with Crippen molar-refractivity contribution in [1.29, 1.82) is 0 Å². The van der Waals surface area contributed by atoms with Crippen LogP contribution >= 0.6 is 0 Å². The van der Waals surface area contributed by atoms with E-state index in [0.717, 1.165) is 0 Å². The van der Waals surface area contributed by atoms with Gasteiger partial charge in [-0.1, -0.05) is 56.3 Å². The Balaban J connectivity index is 2.19. The Hall–Kier alpha value is -2.29. The molecule has 0 aliphatic carbocycles. The fourth-order valence-electron chi connectivity index (χ4n) is 2.06. The van der Waals surface area contributed by atoms with Crippen LogP contribution in [0.5, 0.6) is 5.75 Å². The van der Waals surface area contributed by atoms with E-state index >= 15 is 0 Å². The van der Waals surface area contributed by atoms with Gasteiger partial charge in [0.05, 0.1) is 0 Å². The molecule has 0 spiro atoms. The van der Waals surface area contributed by atoms with Gasteiger partial charge in [-0.15, -0.1) is 0 Å². The Kier molecular flexibility index (Phi) is 4.08. The van der Waals surface area contributed by atoms with Crippen molar-refractivity contribution in [1.82, 2.24) is 0 Å². The van der Waals surface area contributed by atoms with Gasteiger partial charge in [0.25, 0.3) is 0 Å². The predicted molar refractivity (Wildman–Crippen MR) is 77.4 cm³/mol. The molecule has 0 amide bonds. The summed E-state index contributed by atoms with van der Waals surface area (Å²) < 4.78 is 0. The highest BCUT2D eigenvalue weighted by Crippen LogP contribution is 2.32. The molecular formula is C17H18O3. The van der Waals surface area contributed by atoms with Crippen LogP contribution in [0.25, 0.3) is 0 Å². The highest BCUT2D eigenvalue weighted by Gasteiger charge is 2.22. The number of rotatable bonds is 4. The molecule has 2 aromatic carbocycles. The fraction of sp³-hybridized carbons (Fsp3) is 0.235. The molecule has 0 N–H and O–H groups in total. The molecule has 0 fully saturated rings. The van der Waals surface area contributed by atoms with Gasteiger partial charge in [0, 0.05) is 12.3 Å². The van der Waals surface area contributed by atoms with E-state index in [4.69, 9.17) is 4.89 Å². The zero-order valence-electron chi connectivity index (χ0n) is 11.9. The number of hydrogen-bond acceptors (Lipinski definition) is 3. The summed E-state index contributed by atoms with van der Waals surface area (Å²) in [6.45, 7) is 5.64. The van der Waals surface area contributed by atoms with Gasteiger partial charge in [-0.25, -0.2) is 4.79 Å². The monoisotopic (exact) mass is 270 g/mol. The topological polar surface area (TPSA) is 35.5 Å². The first-order valence-corrected chi connectivity index (χ1v) is 6.51. The lowest BCUT2D eigenvalue weighted by atomic mass is 9.78. The van der Waals surface area contributed by atoms with Crippen molar-refractivity contribution < 1.29 is 14.6 Å². The third-order valence-electron chi connectivity index (χ3n) is 3.33. The highest BCUT2D eigenvalue weighted by atomic mass is 17.2. The molecule has 0 saturated heterocycles. The fourth-order valence-corrected chi connectivity index (χ4v) is 2.06. The first-order chi connectivity index (χ1) is 9.50. The van der Waals surface area contributed by atoms with Crippen LogP contribution in [0.1, 0.15) is 31.9 Å². The van der Waals surface area contributed by atoms with Crippen molar-refractivity contribution in [2.24, 2.45) is 0 Å². The van der Waals surface area contributed by atoms with Crippen molar-refractivity contribution in [3.05, 3.63) is 65.7 Å². The molecule has 0 aliphatic heterocycles. The maximum atomic E-state index is 10.7. The zero-order valence-corrected chi connectivity index (χ0v) is 11.9. The van der Waals surface area contributed by atoms with Crippen LogP contribution in [-0.2, 0) is 15.1 Å². The van der Waals surface area contributed by atoms with Crippen LogP contribution in [0.4, 0.5) is 0 Å². The molecule has 0 saturated carbocycles. The summed E-state index contributed by atoms with van der Waals surface area (Å²) in [5.74, 6) is 0.0338. The second-order valence-corrected chi connectivity index (χ2v) is 5.17. The third kappa shape index (κ3) is 3.18. The van der Waals surface area contributed by atoms with E-state index in [-0.39, 0.29) is 5.41 Å². The summed E-state index contributed by atoms with van der Waals surface area (Å²) in [4.78, 5) is 20.1. The normalized spacial score (nSPS) is 10.9. The molecule has 2 rings (SSSR count). The molecule has 0 aliphatic rings. The molecule has 0 unspecified atom stereocenters. The van der Waals surface area contributed by atoms with Gasteiger partial charge >= 0.3 is 5.97 Å². The molecule has 104 valence electrons. The van der Waals surface area contributed by atoms with Crippen molar-refractivity contribution in [3.63, 3.8) is 0 Å². The largest absolute Gasteiger partial charge is 0.352 e. The minimum atomic E-state index is -0.473. The minimum absolute atomic E-state index is 0.0960. The van der Waals surface area contributed by atoms with E-state index in [0.29, 0.717) is 5.75 Å². The Morgan fingerprint density at radius 1 is 0.900 bits per heavy atom. The Bertz CT molecular complexity index is 571. The molecule has 0 bridgehead atoms. The highest BCUT2D eigenvalue weighted by molar-refractivity contribution is 5.65. The van der Waals surface area contributed by atoms with Gasteiger partial charge in [0.2, 0.25) is 0 Å².